The van der Waals surface area contributed by atoms with Gasteiger partial charge in [-0.1, -0.05) is 25.1 Å². The smallest absolute Gasteiger partial charge is 0.310 e. The molecule has 0 aliphatic carbocycles. The largest absolute Gasteiger partial charge is 0.483 e. The van der Waals surface area contributed by atoms with Gasteiger partial charge in [0.25, 0.3) is 5.91 Å². The maximum Gasteiger partial charge on any atom is 0.310 e. The molecule has 1 aromatic carbocycles. The molecule has 0 radical (unpaired) electrons. The molecule has 0 N–H and O–H groups in total. The fourth-order valence-corrected chi connectivity index (χ4v) is 2.06. The second-order valence-corrected chi connectivity index (χ2v) is 5.21. The van der Waals surface area contributed by atoms with Crippen molar-refractivity contribution in [2.24, 2.45) is 5.92 Å². The second kappa shape index (κ2) is 7.67. The van der Waals surface area contributed by atoms with Crippen LogP contribution in [0.4, 0.5) is 0 Å². The molecule has 0 aliphatic rings. The van der Waals surface area contributed by atoms with Gasteiger partial charge in [-0.3, -0.25) is 9.59 Å². The summed E-state index contributed by atoms with van der Waals surface area (Å²) >= 11 is 0. The van der Waals surface area contributed by atoms with Crippen molar-refractivity contribution >= 4 is 11.9 Å². The number of amides is 1. The van der Waals surface area contributed by atoms with Crippen molar-refractivity contribution in [1.29, 1.82) is 0 Å². The number of ether oxygens (including phenoxy) is 2. The first-order valence-electron chi connectivity index (χ1n) is 6.87. The van der Waals surface area contributed by atoms with E-state index < -0.39 is 0 Å². The van der Waals surface area contributed by atoms with E-state index in [1.165, 1.54) is 12.0 Å². The zero-order valence-electron chi connectivity index (χ0n) is 13.3. The van der Waals surface area contributed by atoms with Crippen LogP contribution in [0.2, 0.25) is 0 Å². The number of carbonyl (C=O) groups excluding carboxylic acids is 2. The lowest BCUT2D eigenvalue weighted by atomic mass is 10.1. The number of likely N-dealkylation sites (N-methyl/N-ethyl adjacent to an activating group) is 1. The summed E-state index contributed by atoms with van der Waals surface area (Å²) in [5, 5.41) is 0. The molecule has 1 rings (SSSR count). The first kappa shape index (κ1) is 17.0. The standard InChI is InChI=1S/C16H23NO4/c1-11-7-6-8-12(2)15(11)21-10-14(18)17(4)9-13(3)16(19)20-5/h6-8,13H,9-10H2,1-5H3. The zero-order chi connectivity index (χ0) is 16.0. The highest BCUT2D eigenvalue weighted by molar-refractivity contribution is 5.79. The summed E-state index contributed by atoms with van der Waals surface area (Å²) in [5.74, 6) is -0.122. The van der Waals surface area contributed by atoms with Gasteiger partial charge in [-0.2, -0.15) is 0 Å². The van der Waals surface area contributed by atoms with Crippen LogP contribution in [-0.2, 0) is 14.3 Å². The molecule has 0 heterocycles. The number of carbonyl (C=O) groups is 2. The Hall–Kier alpha value is -2.04. The van der Waals surface area contributed by atoms with Crippen molar-refractivity contribution in [3.8, 4) is 5.75 Å². The number of esters is 1. The Balaban J connectivity index is 2.55. The van der Waals surface area contributed by atoms with Gasteiger partial charge in [-0.05, 0) is 25.0 Å². The van der Waals surface area contributed by atoms with Gasteiger partial charge in [-0.25, -0.2) is 0 Å². The van der Waals surface area contributed by atoms with E-state index in [0.29, 0.717) is 6.54 Å². The molecule has 0 bridgehead atoms. The Morgan fingerprint density at radius 3 is 2.33 bits per heavy atom. The predicted molar refractivity (Wildman–Crippen MR) is 80.2 cm³/mol. The van der Waals surface area contributed by atoms with Crippen molar-refractivity contribution in [2.75, 3.05) is 27.3 Å². The molecule has 1 amide bonds. The molecule has 0 saturated heterocycles. The normalized spacial score (nSPS) is 11.7. The van der Waals surface area contributed by atoms with Crippen molar-refractivity contribution in [2.45, 2.75) is 20.8 Å². The van der Waals surface area contributed by atoms with Crippen LogP contribution in [0.5, 0.6) is 5.75 Å². The second-order valence-electron chi connectivity index (χ2n) is 5.21. The molecule has 116 valence electrons. The zero-order valence-corrected chi connectivity index (χ0v) is 13.3. The molecule has 5 nitrogen and oxygen atoms in total. The summed E-state index contributed by atoms with van der Waals surface area (Å²) in [7, 11) is 2.99. The number of benzene rings is 1. The molecule has 0 fully saturated rings. The SMILES string of the molecule is COC(=O)C(C)CN(C)C(=O)COc1c(C)cccc1C. The Morgan fingerprint density at radius 1 is 1.24 bits per heavy atom. The summed E-state index contributed by atoms with van der Waals surface area (Å²) in [6.07, 6.45) is 0. The summed E-state index contributed by atoms with van der Waals surface area (Å²) in [6.45, 7) is 5.87. The molecule has 21 heavy (non-hydrogen) atoms. The van der Waals surface area contributed by atoms with E-state index in [4.69, 9.17) is 4.74 Å². The number of hydrogen-bond donors (Lipinski definition) is 0. The minimum Gasteiger partial charge on any atom is -0.483 e. The molecular weight excluding hydrogens is 270 g/mol. The average Bonchev–Trinajstić information content (AvgIpc) is 2.45. The van der Waals surface area contributed by atoms with E-state index in [1.54, 1.807) is 14.0 Å². The van der Waals surface area contributed by atoms with Gasteiger partial charge >= 0.3 is 5.97 Å². The van der Waals surface area contributed by atoms with Crippen LogP contribution in [0.3, 0.4) is 0 Å². The van der Waals surface area contributed by atoms with Crippen LogP contribution in [0, 0.1) is 19.8 Å². The third-order valence-corrected chi connectivity index (χ3v) is 3.33. The van der Waals surface area contributed by atoms with Gasteiger partial charge in [0.2, 0.25) is 0 Å². The molecular formula is C16H23NO4. The molecule has 1 atom stereocenters. The van der Waals surface area contributed by atoms with E-state index in [1.807, 2.05) is 32.0 Å². The van der Waals surface area contributed by atoms with Crippen molar-refractivity contribution < 1.29 is 19.1 Å². The molecule has 1 unspecified atom stereocenters. The quantitative estimate of drug-likeness (QED) is 0.752. The topological polar surface area (TPSA) is 55.8 Å². The van der Waals surface area contributed by atoms with E-state index in [-0.39, 0.29) is 24.4 Å². The Morgan fingerprint density at radius 2 is 1.81 bits per heavy atom. The molecule has 0 aromatic heterocycles. The average molecular weight is 293 g/mol. The molecule has 1 aromatic rings. The van der Waals surface area contributed by atoms with E-state index in [0.717, 1.165) is 16.9 Å². The van der Waals surface area contributed by atoms with Gasteiger partial charge < -0.3 is 14.4 Å². The lowest BCUT2D eigenvalue weighted by Crippen LogP contribution is -2.37. The maximum absolute atomic E-state index is 12.0. The number of methoxy groups -OCH3 is 1. The Labute approximate surface area is 125 Å². The predicted octanol–water partition coefficient (Wildman–Crippen LogP) is 1.95. The Kier molecular flexibility index (Phi) is 6.21. The summed E-state index contributed by atoms with van der Waals surface area (Å²) in [6, 6.07) is 5.83. The van der Waals surface area contributed by atoms with Crippen LogP contribution < -0.4 is 4.74 Å². The van der Waals surface area contributed by atoms with E-state index in [9.17, 15) is 9.59 Å². The summed E-state index contributed by atoms with van der Waals surface area (Å²) < 4.78 is 10.3. The van der Waals surface area contributed by atoms with Gasteiger partial charge in [0.15, 0.2) is 6.61 Å². The van der Waals surface area contributed by atoms with Crippen LogP contribution in [0.25, 0.3) is 0 Å². The van der Waals surface area contributed by atoms with Gasteiger partial charge in [0.1, 0.15) is 5.75 Å². The molecule has 0 saturated carbocycles. The maximum atomic E-state index is 12.0. The molecule has 0 aliphatic heterocycles. The number of rotatable bonds is 6. The third kappa shape index (κ3) is 4.77. The van der Waals surface area contributed by atoms with Crippen LogP contribution in [0.15, 0.2) is 18.2 Å². The van der Waals surface area contributed by atoms with Crippen molar-refractivity contribution in [3.05, 3.63) is 29.3 Å². The minimum atomic E-state index is -0.357. The van der Waals surface area contributed by atoms with Crippen molar-refractivity contribution in [3.63, 3.8) is 0 Å². The van der Waals surface area contributed by atoms with Crippen LogP contribution >= 0.6 is 0 Å². The monoisotopic (exact) mass is 293 g/mol. The third-order valence-electron chi connectivity index (χ3n) is 3.33. The number of hydrogen-bond acceptors (Lipinski definition) is 4. The van der Waals surface area contributed by atoms with Crippen molar-refractivity contribution in [1.82, 2.24) is 4.90 Å². The minimum absolute atomic E-state index is 0.0455. The fourth-order valence-electron chi connectivity index (χ4n) is 2.06. The van der Waals surface area contributed by atoms with Gasteiger partial charge in [0.05, 0.1) is 13.0 Å². The van der Waals surface area contributed by atoms with Crippen LogP contribution in [0.1, 0.15) is 18.1 Å². The lowest BCUT2D eigenvalue weighted by Gasteiger charge is -2.21. The van der Waals surface area contributed by atoms with Gasteiger partial charge in [-0.15, -0.1) is 0 Å². The van der Waals surface area contributed by atoms with E-state index in [2.05, 4.69) is 4.74 Å². The Bertz CT molecular complexity index is 493. The van der Waals surface area contributed by atoms with Crippen LogP contribution in [-0.4, -0.2) is 44.1 Å². The molecule has 0 spiro atoms. The number of aryl methyl sites for hydroxylation is 2. The fraction of sp³-hybridized carbons (Fsp3) is 0.500. The number of para-hydroxylation sites is 1. The summed E-state index contributed by atoms with van der Waals surface area (Å²) in [5.41, 5.74) is 1.99. The van der Waals surface area contributed by atoms with Gasteiger partial charge in [0, 0.05) is 13.6 Å². The highest BCUT2D eigenvalue weighted by atomic mass is 16.5. The molecule has 5 heteroatoms. The lowest BCUT2D eigenvalue weighted by molar-refractivity contribution is -0.146. The highest BCUT2D eigenvalue weighted by Gasteiger charge is 2.19. The first-order valence-corrected chi connectivity index (χ1v) is 6.87. The highest BCUT2D eigenvalue weighted by Crippen LogP contribution is 2.22. The summed E-state index contributed by atoms with van der Waals surface area (Å²) in [4.78, 5) is 24.9. The first-order chi connectivity index (χ1) is 9.86. The van der Waals surface area contributed by atoms with E-state index >= 15 is 0 Å². The number of nitrogens with zero attached hydrogens (tertiary/aromatic N) is 1.